The van der Waals surface area contributed by atoms with Gasteiger partial charge in [0.2, 0.25) is 11.8 Å². The summed E-state index contributed by atoms with van der Waals surface area (Å²) in [6.45, 7) is 6.62. The van der Waals surface area contributed by atoms with Crippen molar-refractivity contribution in [3.8, 4) is 0 Å². The summed E-state index contributed by atoms with van der Waals surface area (Å²) in [7, 11) is 2.10. The van der Waals surface area contributed by atoms with Gasteiger partial charge in [-0.05, 0) is 39.2 Å². The van der Waals surface area contributed by atoms with Crippen molar-refractivity contribution in [1.29, 1.82) is 0 Å². The fourth-order valence-electron chi connectivity index (χ4n) is 3.62. The maximum atomic E-state index is 12.6. The lowest BCUT2D eigenvalue weighted by molar-refractivity contribution is -0.139. The molecular formula is C18H33N3O2. The van der Waals surface area contributed by atoms with E-state index in [1.807, 2.05) is 4.90 Å². The van der Waals surface area contributed by atoms with Crippen LogP contribution in [0.3, 0.4) is 0 Å². The molecule has 0 aromatic carbocycles. The number of hydrogen-bond donors (Lipinski definition) is 1. The van der Waals surface area contributed by atoms with E-state index in [0.29, 0.717) is 5.91 Å². The predicted octanol–water partition coefficient (Wildman–Crippen LogP) is 1.87. The van der Waals surface area contributed by atoms with E-state index in [1.54, 1.807) is 0 Å². The summed E-state index contributed by atoms with van der Waals surface area (Å²) in [6.07, 6.45) is 6.89. The number of nitrogens with zero attached hydrogens (tertiary/aromatic N) is 2. The topological polar surface area (TPSA) is 52.7 Å². The Morgan fingerprint density at radius 2 is 1.57 bits per heavy atom. The van der Waals surface area contributed by atoms with Crippen LogP contribution in [0, 0.1) is 11.8 Å². The Labute approximate surface area is 140 Å². The molecule has 1 heterocycles. The summed E-state index contributed by atoms with van der Waals surface area (Å²) in [5, 5.41) is 3.06. The summed E-state index contributed by atoms with van der Waals surface area (Å²) in [5.74, 6) is 0.780. The van der Waals surface area contributed by atoms with E-state index in [4.69, 9.17) is 0 Å². The molecular weight excluding hydrogens is 290 g/mol. The third-order valence-corrected chi connectivity index (χ3v) is 5.34. The molecule has 1 aliphatic heterocycles. The first kappa shape index (κ1) is 18.2. The van der Waals surface area contributed by atoms with Gasteiger partial charge < -0.3 is 15.1 Å². The highest BCUT2D eigenvalue weighted by Crippen LogP contribution is 2.30. The Morgan fingerprint density at radius 1 is 0.957 bits per heavy atom. The molecule has 132 valence electrons. The minimum absolute atomic E-state index is 0.119. The molecule has 1 aliphatic carbocycles. The standard InChI is InChI=1S/C18H33N3O2/c1-3-4-5-10-19-17(22)15-6-8-16(9-7-15)18(23)21-13-11-20(2)12-14-21/h15-16H,3-14H2,1-2H3,(H,19,22). The zero-order valence-electron chi connectivity index (χ0n) is 14.9. The van der Waals surface area contributed by atoms with E-state index in [0.717, 1.165) is 64.8 Å². The average Bonchev–Trinajstić information content (AvgIpc) is 2.59. The molecule has 0 radical (unpaired) electrons. The van der Waals surface area contributed by atoms with Crippen molar-refractivity contribution < 1.29 is 9.59 Å². The molecule has 0 bridgehead atoms. The normalized spacial score (nSPS) is 26.1. The van der Waals surface area contributed by atoms with Gasteiger partial charge in [0, 0.05) is 44.6 Å². The van der Waals surface area contributed by atoms with E-state index in [1.165, 1.54) is 12.8 Å². The quantitative estimate of drug-likeness (QED) is 0.759. The molecule has 0 spiro atoms. The number of likely N-dealkylation sites (N-methyl/N-ethyl adjacent to an activating group) is 1. The first-order valence-corrected chi connectivity index (χ1v) is 9.36. The van der Waals surface area contributed by atoms with Crippen molar-refractivity contribution in [2.45, 2.75) is 51.9 Å². The lowest BCUT2D eigenvalue weighted by Gasteiger charge is -2.36. The molecule has 2 rings (SSSR count). The largest absolute Gasteiger partial charge is 0.356 e. The minimum Gasteiger partial charge on any atom is -0.356 e. The van der Waals surface area contributed by atoms with Crippen LogP contribution in [0.15, 0.2) is 0 Å². The molecule has 0 aromatic rings. The van der Waals surface area contributed by atoms with Gasteiger partial charge in [0.1, 0.15) is 0 Å². The van der Waals surface area contributed by atoms with Gasteiger partial charge in [-0.15, -0.1) is 0 Å². The molecule has 0 atom stereocenters. The number of carbonyl (C=O) groups is 2. The molecule has 0 unspecified atom stereocenters. The van der Waals surface area contributed by atoms with Crippen LogP contribution in [-0.4, -0.2) is 61.4 Å². The Balaban J connectivity index is 1.68. The average molecular weight is 323 g/mol. The number of amides is 2. The third kappa shape index (κ3) is 5.48. The Morgan fingerprint density at radius 3 is 2.17 bits per heavy atom. The monoisotopic (exact) mass is 323 g/mol. The number of rotatable bonds is 6. The van der Waals surface area contributed by atoms with Crippen LogP contribution in [0.1, 0.15) is 51.9 Å². The van der Waals surface area contributed by atoms with Gasteiger partial charge in [0.15, 0.2) is 0 Å². The smallest absolute Gasteiger partial charge is 0.225 e. The highest BCUT2D eigenvalue weighted by Gasteiger charge is 2.32. The zero-order chi connectivity index (χ0) is 16.7. The summed E-state index contributed by atoms with van der Waals surface area (Å²) in [5.41, 5.74) is 0. The number of carbonyl (C=O) groups excluding carboxylic acids is 2. The maximum Gasteiger partial charge on any atom is 0.225 e. The molecule has 0 aromatic heterocycles. The van der Waals surface area contributed by atoms with Crippen molar-refractivity contribution >= 4 is 11.8 Å². The first-order chi connectivity index (χ1) is 11.1. The second-order valence-electron chi connectivity index (χ2n) is 7.18. The highest BCUT2D eigenvalue weighted by molar-refractivity contribution is 5.81. The van der Waals surface area contributed by atoms with Crippen LogP contribution in [0.25, 0.3) is 0 Å². The molecule has 2 aliphatic rings. The lowest BCUT2D eigenvalue weighted by Crippen LogP contribution is -2.49. The fourth-order valence-corrected chi connectivity index (χ4v) is 3.62. The summed E-state index contributed by atoms with van der Waals surface area (Å²) < 4.78 is 0. The Hall–Kier alpha value is -1.10. The number of unbranched alkanes of at least 4 members (excludes halogenated alkanes) is 2. The van der Waals surface area contributed by atoms with Gasteiger partial charge in [0.25, 0.3) is 0 Å². The SMILES string of the molecule is CCCCCNC(=O)C1CCC(C(=O)N2CCN(C)CC2)CC1. The molecule has 1 saturated carbocycles. The lowest BCUT2D eigenvalue weighted by atomic mass is 9.81. The minimum atomic E-state index is 0.119. The van der Waals surface area contributed by atoms with Crippen LogP contribution in [0.4, 0.5) is 0 Å². The summed E-state index contributed by atoms with van der Waals surface area (Å²) in [6, 6.07) is 0. The fraction of sp³-hybridized carbons (Fsp3) is 0.889. The molecule has 5 heteroatoms. The molecule has 2 amide bonds. The van der Waals surface area contributed by atoms with Crippen molar-refractivity contribution in [1.82, 2.24) is 15.1 Å². The van der Waals surface area contributed by atoms with Crippen LogP contribution in [0.2, 0.25) is 0 Å². The Bertz CT molecular complexity index is 384. The summed E-state index contributed by atoms with van der Waals surface area (Å²) in [4.78, 5) is 29.0. The second kappa shape index (κ2) is 9.26. The molecule has 1 N–H and O–H groups in total. The zero-order valence-corrected chi connectivity index (χ0v) is 14.9. The van der Waals surface area contributed by atoms with Crippen molar-refractivity contribution in [3.05, 3.63) is 0 Å². The molecule has 1 saturated heterocycles. The summed E-state index contributed by atoms with van der Waals surface area (Å²) >= 11 is 0. The van der Waals surface area contributed by atoms with E-state index in [2.05, 4.69) is 24.2 Å². The molecule has 2 fully saturated rings. The number of piperazine rings is 1. The van der Waals surface area contributed by atoms with Crippen LogP contribution in [-0.2, 0) is 9.59 Å². The van der Waals surface area contributed by atoms with Crippen molar-refractivity contribution in [2.75, 3.05) is 39.8 Å². The second-order valence-corrected chi connectivity index (χ2v) is 7.18. The van der Waals surface area contributed by atoms with Crippen LogP contribution in [0.5, 0.6) is 0 Å². The van der Waals surface area contributed by atoms with Gasteiger partial charge >= 0.3 is 0 Å². The van der Waals surface area contributed by atoms with E-state index in [9.17, 15) is 9.59 Å². The number of hydrogen-bond acceptors (Lipinski definition) is 3. The molecule has 5 nitrogen and oxygen atoms in total. The van der Waals surface area contributed by atoms with Crippen LogP contribution >= 0.6 is 0 Å². The van der Waals surface area contributed by atoms with E-state index >= 15 is 0 Å². The van der Waals surface area contributed by atoms with Gasteiger partial charge in [-0.2, -0.15) is 0 Å². The van der Waals surface area contributed by atoms with Crippen LogP contribution < -0.4 is 5.32 Å². The first-order valence-electron chi connectivity index (χ1n) is 9.36. The molecule has 23 heavy (non-hydrogen) atoms. The van der Waals surface area contributed by atoms with Gasteiger partial charge in [-0.25, -0.2) is 0 Å². The third-order valence-electron chi connectivity index (χ3n) is 5.34. The van der Waals surface area contributed by atoms with Crippen molar-refractivity contribution in [2.24, 2.45) is 11.8 Å². The van der Waals surface area contributed by atoms with Crippen molar-refractivity contribution in [3.63, 3.8) is 0 Å². The number of nitrogens with one attached hydrogen (secondary N) is 1. The van der Waals surface area contributed by atoms with E-state index in [-0.39, 0.29) is 17.7 Å². The van der Waals surface area contributed by atoms with Gasteiger partial charge in [-0.3, -0.25) is 9.59 Å². The van der Waals surface area contributed by atoms with E-state index < -0.39 is 0 Å². The Kier molecular flexibility index (Phi) is 7.34. The highest BCUT2D eigenvalue weighted by atomic mass is 16.2. The predicted molar refractivity (Wildman–Crippen MR) is 92.1 cm³/mol. The van der Waals surface area contributed by atoms with Gasteiger partial charge in [0.05, 0.1) is 0 Å². The van der Waals surface area contributed by atoms with Gasteiger partial charge in [-0.1, -0.05) is 19.8 Å². The maximum absolute atomic E-state index is 12.6.